The molecule has 1 aromatic rings. The van der Waals surface area contributed by atoms with Crippen LogP contribution in [0.4, 0.5) is 0 Å². The smallest absolute Gasteiger partial charge is 0.195 e. The molecule has 1 aromatic carbocycles. The van der Waals surface area contributed by atoms with Crippen molar-refractivity contribution in [3.8, 4) is 0 Å². The normalized spacial score (nSPS) is 21.3. The summed E-state index contributed by atoms with van der Waals surface area (Å²) >= 11 is 0. The predicted molar refractivity (Wildman–Crippen MR) is 77.0 cm³/mol. The van der Waals surface area contributed by atoms with Gasteiger partial charge in [0.1, 0.15) is 0 Å². The van der Waals surface area contributed by atoms with Crippen LogP contribution in [0.5, 0.6) is 0 Å². The number of benzene rings is 1. The van der Waals surface area contributed by atoms with E-state index in [4.69, 9.17) is 4.99 Å². The maximum absolute atomic E-state index is 4.73. The first-order chi connectivity index (χ1) is 8.59. The maximum Gasteiger partial charge on any atom is 0.195 e. The summed E-state index contributed by atoms with van der Waals surface area (Å²) in [7, 11) is 8.17. The summed E-state index contributed by atoms with van der Waals surface area (Å²) in [5, 5.41) is 0. The summed E-state index contributed by atoms with van der Waals surface area (Å²) < 4.78 is 0. The zero-order chi connectivity index (χ0) is 13.1. The van der Waals surface area contributed by atoms with Crippen molar-refractivity contribution in [1.29, 1.82) is 0 Å². The molecule has 0 amide bonds. The first-order valence-electron chi connectivity index (χ1n) is 6.53. The molecule has 2 atom stereocenters. The summed E-state index contributed by atoms with van der Waals surface area (Å²) in [4.78, 5) is 8.87. The molecular weight excluding hydrogens is 222 g/mol. The largest absolute Gasteiger partial charge is 0.349 e. The van der Waals surface area contributed by atoms with E-state index >= 15 is 0 Å². The van der Waals surface area contributed by atoms with Crippen molar-refractivity contribution in [2.75, 3.05) is 34.7 Å². The van der Waals surface area contributed by atoms with Gasteiger partial charge >= 0.3 is 0 Å². The Hall–Kier alpha value is -1.51. The quantitative estimate of drug-likeness (QED) is 0.601. The van der Waals surface area contributed by atoms with Crippen LogP contribution in [0.1, 0.15) is 17.9 Å². The van der Waals surface area contributed by atoms with Crippen LogP contribution in [-0.4, -0.2) is 50.5 Å². The lowest BCUT2D eigenvalue weighted by Crippen LogP contribution is -2.35. The van der Waals surface area contributed by atoms with Crippen LogP contribution in [0.25, 0.3) is 0 Å². The second-order valence-corrected chi connectivity index (χ2v) is 5.44. The molecule has 0 saturated heterocycles. The molecule has 0 aromatic heterocycles. The van der Waals surface area contributed by atoms with Crippen molar-refractivity contribution in [1.82, 2.24) is 9.80 Å². The first kappa shape index (κ1) is 12.9. The van der Waals surface area contributed by atoms with Crippen LogP contribution in [0.15, 0.2) is 35.3 Å². The second-order valence-electron chi connectivity index (χ2n) is 5.44. The molecule has 18 heavy (non-hydrogen) atoms. The zero-order valence-corrected chi connectivity index (χ0v) is 11.8. The van der Waals surface area contributed by atoms with E-state index in [1.54, 1.807) is 0 Å². The third kappa shape index (κ3) is 3.03. The van der Waals surface area contributed by atoms with Gasteiger partial charge in [0.05, 0.1) is 0 Å². The van der Waals surface area contributed by atoms with Crippen molar-refractivity contribution in [3.05, 3.63) is 35.9 Å². The number of rotatable bonds is 3. The van der Waals surface area contributed by atoms with E-state index in [1.807, 2.05) is 28.2 Å². The third-order valence-electron chi connectivity index (χ3n) is 3.42. The standard InChI is InChI=1S/C15H23N3/c1-17(2)15(18(3)4)16-11-13-10-14(13)12-8-6-5-7-9-12/h5-9,13-14H,10-11H2,1-4H3. The molecule has 3 heteroatoms. The minimum Gasteiger partial charge on any atom is -0.349 e. The molecule has 98 valence electrons. The molecule has 1 aliphatic rings. The Bertz CT molecular complexity index is 399. The van der Waals surface area contributed by atoms with Gasteiger partial charge in [0, 0.05) is 34.7 Å². The van der Waals surface area contributed by atoms with Gasteiger partial charge < -0.3 is 9.80 Å². The zero-order valence-electron chi connectivity index (χ0n) is 11.8. The number of hydrogen-bond donors (Lipinski definition) is 0. The minimum atomic E-state index is 0.723. The van der Waals surface area contributed by atoms with Gasteiger partial charge in [-0.05, 0) is 23.8 Å². The van der Waals surface area contributed by atoms with Gasteiger partial charge in [0.2, 0.25) is 0 Å². The van der Waals surface area contributed by atoms with Crippen molar-refractivity contribution in [2.24, 2.45) is 10.9 Å². The van der Waals surface area contributed by atoms with Gasteiger partial charge in [0.15, 0.2) is 5.96 Å². The Morgan fingerprint density at radius 3 is 2.28 bits per heavy atom. The Balaban J connectivity index is 1.92. The highest BCUT2D eigenvalue weighted by atomic mass is 15.3. The van der Waals surface area contributed by atoms with Crippen LogP contribution >= 0.6 is 0 Å². The molecule has 1 saturated carbocycles. The monoisotopic (exact) mass is 245 g/mol. The van der Waals surface area contributed by atoms with E-state index in [0.29, 0.717) is 0 Å². The lowest BCUT2D eigenvalue weighted by molar-refractivity contribution is 0.478. The molecule has 2 rings (SSSR count). The predicted octanol–water partition coefficient (Wildman–Crippen LogP) is 2.27. The van der Waals surface area contributed by atoms with E-state index in [0.717, 1.165) is 24.3 Å². The van der Waals surface area contributed by atoms with E-state index in [1.165, 1.54) is 12.0 Å². The highest BCUT2D eigenvalue weighted by Crippen LogP contribution is 2.47. The fraction of sp³-hybridized carbons (Fsp3) is 0.533. The van der Waals surface area contributed by atoms with E-state index < -0.39 is 0 Å². The molecule has 0 spiro atoms. The van der Waals surface area contributed by atoms with Crippen molar-refractivity contribution in [2.45, 2.75) is 12.3 Å². The Morgan fingerprint density at radius 1 is 1.11 bits per heavy atom. The van der Waals surface area contributed by atoms with Gasteiger partial charge in [-0.2, -0.15) is 0 Å². The van der Waals surface area contributed by atoms with Crippen molar-refractivity contribution >= 4 is 5.96 Å². The highest BCUT2D eigenvalue weighted by Gasteiger charge is 2.37. The molecule has 0 heterocycles. The van der Waals surface area contributed by atoms with Gasteiger partial charge in [-0.1, -0.05) is 30.3 Å². The highest BCUT2D eigenvalue weighted by molar-refractivity contribution is 5.79. The molecule has 1 fully saturated rings. The molecular formula is C15H23N3. The Labute approximate surface area is 110 Å². The van der Waals surface area contributed by atoms with Gasteiger partial charge in [-0.15, -0.1) is 0 Å². The van der Waals surface area contributed by atoms with E-state index in [2.05, 4.69) is 40.1 Å². The van der Waals surface area contributed by atoms with Gasteiger partial charge in [-0.25, -0.2) is 0 Å². The lowest BCUT2D eigenvalue weighted by atomic mass is 10.1. The lowest BCUT2D eigenvalue weighted by Gasteiger charge is -2.22. The molecule has 0 aliphatic heterocycles. The fourth-order valence-electron chi connectivity index (χ4n) is 2.44. The first-order valence-corrected chi connectivity index (χ1v) is 6.53. The number of hydrogen-bond acceptors (Lipinski definition) is 1. The number of guanidine groups is 1. The molecule has 0 radical (unpaired) electrons. The molecule has 0 bridgehead atoms. The topological polar surface area (TPSA) is 18.8 Å². The van der Waals surface area contributed by atoms with Crippen LogP contribution < -0.4 is 0 Å². The molecule has 3 nitrogen and oxygen atoms in total. The number of nitrogens with zero attached hydrogens (tertiary/aromatic N) is 3. The summed E-state index contributed by atoms with van der Waals surface area (Å²) in [6.45, 7) is 0.936. The maximum atomic E-state index is 4.73. The fourth-order valence-corrected chi connectivity index (χ4v) is 2.44. The second kappa shape index (κ2) is 5.42. The van der Waals surface area contributed by atoms with Crippen molar-refractivity contribution < 1.29 is 0 Å². The van der Waals surface area contributed by atoms with Crippen LogP contribution in [-0.2, 0) is 0 Å². The van der Waals surface area contributed by atoms with Crippen LogP contribution in [0.3, 0.4) is 0 Å². The third-order valence-corrected chi connectivity index (χ3v) is 3.42. The van der Waals surface area contributed by atoms with Crippen molar-refractivity contribution in [3.63, 3.8) is 0 Å². The average molecular weight is 245 g/mol. The SMILES string of the molecule is CN(C)C(=NCC1CC1c1ccccc1)N(C)C. The van der Waals surface area contributed by atoms with Gasteiger partial charge in [-0.3, -0.25) is 4.99 Å². The summed E-state index contributed by atoms with van der Waals surface area (Å²) in [5.41, 5.74) is 1.47. The van der Waals surface area contributed by atoms with E-state index in [9.17, 15) is 0 Å². The summed E-state index contributed by atoms with van der Waals surface area (Å²) in [5.74, 6) is 2.50. The van der Waals surface area contributed by atoms with Gasteiger partial charge in [0.25, 0.3) is 0 Å². The Kier molecular flexibility index (Phi) is 3.90. The van der Waals surface area contributed by atoms with Crippen LogP contribution in [0, 0.1) is 5.92 Å². The number of aliphatic imine (C=N–C) groups is 1. The summed E-state index contributed by atoms with van der Waals surface area (Å²) in [6, 6.07) is 10.8. The van der Waals surface area contributed by atoms with E-state index in [-0.39, 0.29) is 0 Å². The average Bonchev–Trinajstić information content (AvgIpc) is 3.09. The minimum absolute atomic E-state index is 0.723. The molecule has 2 unspecified atom stereocenters. The molecule has 0 N–H and O–H groups in total. The van der Waals surface area contributed by atoms with Crippen LogP contribution in [0.2, 0.25) is 0 Å². The molecule has 1 aliphatic carbocycles. The summed E-state index contributed by atoms with van der Waals surface area (Å²) in [6.07, 6.45) is 1.28. The Morgan fingerprint density at radius 2 is 1.72 bits per heavy atom.